The summed E-state index contributed by atoms with van der Waals surface area (Å²) < 4.78 is 4.33. The first-order chi connectivity index (χ1) is 14.9. The molecule has 7 nitrogen and oxygen atoms in total. The molecule has 2 atom stereocenters. The molecule has 0 bridgehead atoms. The van der Waals surface area contributed by atoms with Crippen LogP contribution in [0.25, 0.3) is 15.7 Å². The Bertz CT molecular complexity index is 1130. The Labute approximate surface area is 187 Å². The molecule has 0 aliphatic carbocycles. The largest absolute Gasteiger partial charge is 0.354 e. The van der Waals surface area contributed by atoms with E-state index in [0.29, 0.717) is 18.5 Å². The number of aromatic nitrogens is 3. The number of fused-ring (bicyclic) bond motifs is 3. The third kappa shape index (κ3) is 4.70. The normalized spacial score (nSPS) is 20.0. The molecule has 8 heteroatoms. The van der Waals surface area contributed by atoms with Crippen LogP contribution in [0.15, 0.2) is 16.9 Å². The zero-order chi connectivity index (χ0) is 22.1. The van der Waals surface area contributed by atoms with E-state index in [1.165, 1.54) is 16.0 Å². The van der Waals surface area contributed by atoms with E-state index in [0.717, 1.165) is 53.9 Å². The predicted octanol–water partition coefficient (Wildman–Crippen LogP) is 3.07. The fraction of sp³-hybridized carbons (Fsp3) is 0.609. The number of amides is 1. The SMILES string of the molecule is CCc1nn(CC(=O)NCCCN2C[C@H](C)C[C@H](C)C2)c(=O)c2cc3sc(C)cc3n12. The number of aryl methyl sites for hydroxylation is 2. The van der Waals surface area contributed by atoms with E-state index in [1.54, 1.807) is 11.3 Å². The summed E-state index contributed by atoms with van der Waals surface area (Å²) in [6.07, 6.45) is 2.91. The third-order valence-corrected chi connectivity index (χ3v) is 7.07. The highest BCUT2D eigenvalue weighted by atomic mass is 32.1. The molecule has 1 N–H and O–H groups in total. The Morgan fingerprint density at radius 1 is 1.23 bits per heavy atom. The van der Waals surface area contributed by atoms with Gasteiger partial charge in [0, 0.05) is 30.9 Å². The van der Waals surface area contributed by atoms with Gasteiger partial charge in [-0.05, 0) is 50.3 Å². The van der Waals surface area contributed by atoms with Gasteiger partial charge in [-0.25, -0.2) is 4.68 Å². The number of likely N-dealkylation sites (tertiary alicyclic amines) is 1. The summed E-state index contributed by atoms with van der Waals surface area (Å²) in [4.78, 5) is 29.2. The lowest BCUT2D eigenvalue weighted by Gasteiger charge is -2.34. The van der Waals surface area contributed by atoms with Crippen LogP contribution in [-0.2, 0) is 17.8 Å². The average Bonchev–Trinajstić information content (AvgIpc) is 3.23. The van der Waals surface area contributed by atoms with Gasteiger partial charge in [0.1, 0.15) is 17.9 Å². The fourth-order valence-electron chi connectivity index (χ4n) is 4.95. The molecule has 31 heavy (non-hydrogen) atoms. The van der Waals surface area contributed by atoms with Gasteiger partial charge in [-0.2, -0.15) is 5.10 Å². The molecule has 1 aliphatic rings. The van der Waals surface area contributed by atoms with Crippen LogP contribution in [0.4, 0.5) is 0 Å². The lowest BCUT2D eigenvalue weighted by Crippen LogP contribution is -2.40. The standard InChI is InChI=1S/C23H33N5O2S/c1-5-21-25-27(23(30)19-11-20-18(28(19)21)10-17(4)31-20)14-22(29)24-7-6-8-26-12-15(2)9-16(3)13-26/h10-11,15-16H,5-9,12-14H2,1-4H3,(H,24,29)/t15-,16+. The maximum absolute atomic E-state index is 13.0. The minimum Gasteiger partial charge on any atom is -0.354 e. The second-order valence-electron chi connectivity index (χ2n) is 9.11. The van der Waals surface area contributed by atoms with Crippen LogP contribution in [0, 0.1) is 18.8 Å². The average molecular weight is 444 g/mol. The molecule has 1 amide bonds. The Hall–Kier alpha value is -2.19. The van der Waals surface area contributed by atoms with Crippen molar-refractivity contribution in [3.8, 4) is 0 Å². The maximum atomic E-state index is 13.0. The highest BCUT2D eigenvalue weighted by Crippen LogP contribution is 2.28. The van der Waals surface area contributed by atoms with Crippen LogP contribution in [-0.4, -0.2) is 51.2 Å². The second-order valence-corrected chi connectivity index (χ2v) is 10.4. The number of nitrogens with zero attached hydrogens (tertiary/aromatic N) is 4. The van der Waals surface area contributed by atoms with Crippen molar-refractivity contribution in [3.63, 3.8) is 0 Å². The zero-order valence-corrected chi connectivity index (χ0v) is 19.8. The first kappa shape index (κ1) is 22.0. The van der Waals surface area contributed by atoms with Gasteiger partial charge in [0.05, 0.1) is 10.2 Å². The molecule has 3 aromatic heterocycles. The quantitative estimate of drug-likeness (QED) is 0.570. The molecule has 0 saturated carbocycles. The maximum Gasteiger partial charge on any atom is 0.291 e. The Morgan fingerprint density at radius 3 is 2.68 bits per heavy atom. The number of hydrogen-bond donors (Lipinski definition) is 1. The van der Waals surface area contributed by atoms with Gasteiger partial charge in [0.2, 0.25) is 5.91 Å². The van der Waals surface area contributed by atoms with Crippen molar-refractivity contribution in [2.24, 2.45) is 11.8 Å². The molecule has 0 unspecified atom stereocenters. The molecule has 0 radical (unpaired) electrons. The molecule has 0 spiro atoms. The van der Waals surface area contributed by atoms with Gasteiger partial charge in [-0.3, -0.25) is 14.0 Å². The highest BCUT2D eigenvalue weighted by Gasteiger charge is 2.21. The van der Waals surface area contributed by atoms with Crippen LogP contribution < -0.4 is 10.9 Å². The smallest absolute Gasteiger partial charge is 0.291 e. The molecule has 3 aromatic rings. The zero-order valence-electron chi connectivity index (χ0n) is 19.0. The Kier molecular flexibility index (Phi) is 6.48. The van der Waals surface area contributed by atoms with Gasteiger partial charge in [-0.15, -0.1) is 11.3 Å². The molecule has 1 saturated heterocycles. The molecule has 4 rings (SSSR count). The molecular formula is C23H33N5O2S. The van der Waals surface area contributed by atoms with Crippen LogP contribution in [0.1, 0.15) is 44.3 Å². The van der Waals surface area contributed by atoms with E-state index < -0.39 is 0 Å². The van der Waals surface area contributed by atoms with Crippen molar-refractivity contribution < 1.29 is 4.79 Å². The molecule has 168 valence electrons. The molecular weight excluding hydrogens is 410 g/mol. The van der Waals surface area contributed by atoms with E-state index in [2.05, 4.69) is 42.2 Å². The number of carbonyl (C=O) groups is 1. The topological polar surface area (TPSA) is 71.6 Å². The van der Waals surface area contributed by atoms with Crippen molar-refractivity contribution in [2.75, 3.05) is 26.2 Å². The van der Waals surface area contributed by atoms with Crippen LogP contribution in [0.2, 0.25) is 0 Å². The second kappa shape index (κ2) is 9.12. The minimum atomic E-state index is -0.218. The summed E-state index contributed by atoms with van der Waals surface area (Å²) in [5.74, 6) is 2.12. The number of piperidine rings is 1. The van der Waals surface area contributed by atoms with E-state index in [4.69, 9.17) is 0 Å². The Morgan fingerprint density at radius 2 is 1.97 bits per heavy atom. The summed E-state index contributed by atoms with van der Waals surface area (Å²) >= 11 is 1.67. The van der Waals surface area contributed by atoms with Crippen LogP contribution in [0.3, 0.4) is 0 Å². The summed E-state index contributed by atoms with van der Waals surface area (Å²) in [7, 11) is 0. The highest BCUT2D eigenvalue weighted by molar-refractivity contribution is 7.19. The minimum absolute atomic E-state index is 0.0437. The van der Waals surface area contributed by atoms with Crippen molar-refractivity contribution >= 4 is 33.0 Å². The Balaban J connectivity index is 1.39. The predicted molar refractivity (Wildman–Crippen MR) is 126 cm³/mol. The van der Waals surface area contributed by atoms with Gasteiger partial charge in [0.25, 0.3) is 5.56 Å². The summed E-state index contributed by atoms with van der Waals surface area (Å²) in [6.45, 7) is 12.6. The fourth-order valence-corrected chi connectivity index (χ4v) is 5.89. The summed E-state index contributed by atoms with van der Waals surface area (Å²) in [5, 5.41) is 7.48. The van der Waals surface area contributed by atoms with E-state index in [-0.39, 0.29) is 18.0 Å². The first-order valence-corrected chi connectivity index (χ1v) is 12.2. The summed E-state index contributed by atoms with van der Waals surface area (Å²) in [6, 6.07) is 4.01. The molecule has 1 fully saturated rings. The van der Waals surface area contributed by atoms with Crippen molar-refractivity contribution in [1.29, 1.82) is 0 Å². The molecule has 0 aromatic carbocycles. The van der Waals surface area contributed by atoms with Crippen LogP contribution >= 0.6 is 11.3 Å². The van der Waals surface area contributed by atoms with Gasteiger partial charge in [0.15, 0.2) is 0 Å². The van der Waals surface area contributed by atoms with E-state index in [1.807, 2.05) is 17.4 Å². The number of carbonyl (C=O) groups excluding carboxylic acids is 1. The number of thiophene rings is 1. The molecule has 1 aliphatic heterocycles. The van der Waals surface area contributed by atoms with Gasteiger partial charge >= 0.3 is 0 Å². The van der Waals surface area contributed by atoms with Crippen LogP contribution in [0.5, 0.6) is 0 Å². The number of rotatable bonds is 7. The first-order valence-electron chi connectivity index (χ1n) is 11.4. The van der Waals surface area contributed by atoms with Crippen molar-refractivity contribution in [1.82, 2.24) is 24.4 Å². The van der Waals surface area contributed by atoms with Crippen molar-refractivity contribution in [3.05, 3.63) is 33.2 Å². The molecule has 4 heterocycles. The number of hydrogen-bond acceptors (Lipinski definition) is 5. The lowest BCUT2D eigenvalue weighted by molar-refractivity contribution is -0.121. The third-order valence-electron chi connectivity index (χ3n) is 6.09. The van der Waals surface area contributed by atoms with E-state index in [9.17, 15) is 9.59 Å². The van der Waals surface area contributed by atoms with E-state index >= 15 is 0 Å². The monoisotopic (exact) mass is 443 g/mol. The lowest BCUT2D eigenvalue weighted by atomic mass is 9.92. The van der Waals surface area contributed by atoms with Gasteiger partial charge in [-0.1, -0.05) is 20.8 Å². The number of nitrogens with one attached hydrogen (secondary N) is 1. The summed E-state index contributed by atoms with van der Waals surface area (Å²) in [5.41, 5.74) is 1.40. The van der Waals surface area contributed by atoms with Crippen molar-refractivity contribution in [2.45, 2.75) is 53.5 Å². The van der Waals surface area contributed by atoms with Gasteiger partial charge < -0.3 is 10.2 Å².